The van der Waals surface area contributed by atoms with Crippen molar-refractivity contribution in [1.82, 2.24) is 0 Å². The average molecular weight is 423 g/mol. The van der Waals surface area contributed by atoms with Crippen LogP contribution >= 0.6 is 11.6 Å². The van der Waals surface area contributed by atoms with Crippen molar-refractivity contribution in [2.24, 2.45) is 0 Å². The molecule has 6 nitrogen and oxygen atoms in total. The summed E-state index contributed by atoms with van der Waals surface area (Å²) in [5, 5.41) is 14.6. The van der Waals surface area contributed by atoms with Crippen LogP contribution in [0, 0.1) is 0 Å². The van der Waals surface area contributed by atoms with E-state index in [1.54, 1.807) is 66.7 Å². The number of nitrogens with one attached hydrogen (secondary N) is 1. The molecule has 1 aliphatic heterocycles. The minimum atomic E-state index is -1.86. The molecule has 1 atom stereocenters. The third-order valence-corrected chi connectivity index (χ3v) is 5.30. The summed E-state index contributed by atoms with van der Waals surface area (Å²) < 4.78 is 5.25. The summed E-state index contributed by atoms with van der Waals surface area (Å²) in [6.07, 6.45) is 0. The van der Waals surface area contributed by atoms with E-state index in [1.165, 1.54) is 12.0 Å². The van der Waals surface area contributed by atoms with Crippen LogP contribution in [-0.2, 0) is 15.2 Å². The summed E-state index contributed by atoms with van der Waals surface area (Å²) in [5.41, 5.74) is -0.0854. The number of rotatable bonds is 5. The van der Waals surface area contributed by atoms with Crippen LogP contribution in [0.15, 0.2) is 72.8 Å². The number of para-hydroxylation sites is 1. The summed E-state index contributed by atoms with van der Waals surface area (Å²) in [6, 6.07) is 20.5. The van der Waals surface area contributed by atoms with Crippen LogP contribution < -0.4 is 15.0 Å². The van der Waals surface area contributed by atoms with Gasteiger partial charge in [0.25, 0.3) is 5.91 Å². The number of anilines is 2. The van der Waals surface area contributed by atoms with Crippen molar-refractivity contribution >= 4 is 34.8 Å². The first-order valence-corrected chi connectivity index (χ1v) is 9.65. The Morgan fingerprint density at radius 1 is 1.10 bits per heavy atom. The molecule has 1 aliphatic rings. The van der Waals surface area contributed by atoms with Gasteiger partial charge in [0, 0.05) is 10.6 Å². The van der Waals surface area contributed by atoms with E-state index in [0.29, 0.717) is 33.3 Å². The smallest absolute Gasteiger partial charge is 0.268 e. The quantitative estimate of drug-likeness (QED) is 0.658. The van der Waals surface area contributed by atoms with Gasteiger partial charge in [-0.3, -0.25) is 14.5 Å². The number of ether oxygens (including phenoxy) is 1. The summed E-state index contributed by atoms with van der Waals surface area (Å²) in [6.45, 7) is -0.277. The van der Waals surface area contributed by atoms with E-state index in [9.17, 15) is 14.7 Å². The number of nitrogens with zero attached hydrogens (tertiary/aromatic N) is 1. The minimum absolute atomic E-state index is 0.277. The third-order valence-electron chi connectivity index (χ3n) is 5.07. The molecule has 1 heterocycles. The molecule has 0 fully saturated rings. The van der Waals surface area contributed by atoms with E-state index in [-0.39, 0.29) is 6.54 Å². The van der Waals surface area contributed by atoms with Gasteiger partial charge in [0.05, 0.1) is 18.5 Å². The molecule has 7 heteroatoms. The Morgan fingerprint density at radius 2 is 1.80 bits per heavy atom. The molecular weight excluding hydrogens is 404 g/mol. The Bertz CT molecular complexity index is 1120. The number of carbonyl (C=O) groups excluding carboxylic acids is 2. The molecule has 3 aromatic rings. The van der Waals surface area contributed by atoms with Crippen LogP contribution in [0.4, 0.5) is 11.4 Å². The molecule has 0 aromatic heterocycles. The number of halogens is 1. The molecule has 0 radical (unpaired) electrons. The number of hydrogen-bond donors (Lipinski definition) is 2. The standard InChI is InChI=1S/C23H19ClN2O4/c1-30-20-12-11-16(24)13-18(20)25-21(27)14-26-19-10-6-5-9-17(19)23(29,22(26)28)15-7-3-2-4-8-15/h2-13,29H,14H2,1H3,(H,25,27). The Morgan fingerprint density at radius 3 is 2.53 bits per heavy atom. The largest absolute Gasteiger partial charge is 0.495 e. The topological polar surface area (TPSA) is 78.9 Å². The molecule has 152 valence electrons. The molecule has 0 saturated carbocycles. The average Bonchev–Trinajstić information content (AvgIpc) is 2.97. The SMILES string of the molecule is COc1ccc(Cl)cc1NC(=O)CN1C(=O)C(O)(c2ccccc2)c2ccccc21. The highest BCUT2D eigenvalue weighted by Gasteiger charge is 2.51. The second-order valence-electron chi connectivity index (χ2n) is 6.88. The molecule has 0 spiro atoms. The maximum Gasteiger partial charge on any atom is 0.268 e. The van der Waals surface area contributed by atoms with E-state index in [4.69, 9.17) is 16.3 Å². The Balaban J connectivity index is 1.65. The maximum absolute atomic E-state index is 13.3. The lowest BCUT2D eigenvalue weighted by atomic mass is 9.88. The van der Waals surface area contributed by atoms with Gasteiger partial charge in [0.2, 0.25) is 5.91 Å². The predicted molar refractivity (Wildman–Crippen MR) is 115 cm³/mol. The normalized spacial score (nSPS) is 17.6. The third kappa shape index (κ3) is 3.30. The number of hydrogen-bond acceptors (Lipinski definition) is 4. The van der Waals surface area contributed by atoms with Crippen molar-refractivity contribution < 1.29 is 19.4 Å². The molecule has 2 amide bonds. The summed E-state index contributed by atoms with van der Waals surface area (Å²) >= 11 is 6.02. The van der Waals surface area contributed by atoms with Crippen LogP contribution in [0.3, 0.4) is 0 Å². The van der Waals surface area contributed by atoms with Gasteiger partial charge in [-0.2, -0.15) is 0 Å². The summed E-state index contributed by atoms with van der Waals surface area (Å²) in [7, 11) is 1.49. The second kappa shape index (κ2) is 7.82. The predicted octanol–water partition coefficient (Wildman–Crippen LogP) is 3.57. The van der Waals surface area contributed by atoms with Gasteiger partial charge in [-0.15, -0.1) is 0 Å². The molecule has 0 bridgehead atoms. The number of fused-ring (bicyclic) bond motifs is 1. The zero-order valence-corrected chi connectivity index (χ0v) is 16.9. The molecule has 2 N–H and O–H groups in total. The minimum Gasteiger partial charge on any atom is -0.495 e. The molecule has 0 aliphatic carbocycles. The molecule has 4 rings (SSSR count). The molecule has 1 unspecified atom stereocenters. The second-order valence-corrected chi connectivity index (χ2v) is 7.31. The zero-order valence-electron chi connectivity index (χ0n) is 16.1. The number of benzene rings is 3. The summed E-state index contributed by atoms with van der Waals surface area (Å²) in [5.74, 6) is -0.583. The fourth-order valence-corrected chi connectivity index (χ4v) is 3.83. The van der Waals surface area contributed by atoms with E-state index >= 15 is 0 Å². The Kier molecular flexibility index (Phi) is 5.20. The van der Waals surface area contributed by atoms with E-state index in [1.807, 2.05) is 6.07 Å². The number of carbonyl (C=O) groups is 2. The van der Waals surface area contributed by atoms with Crippen molar-refractivity contribution in [1.29, 1.82) is 0 Å². The zero-order chi connectivity index (χ0) is 21.3. The van der Waals surface area contributed by atoms with E-state index in [0.717, 1.165) is 0 Å². The first-order chi connectivity index (χ1) is 14.4. The Labute approximate surface area is 178 Å². The molecule has 30 heavy (non-hydrogen) atoms. The lowest BCUT2D eigenvalue weighted by Gasteiger charge is -2.23. The van der Waals surface area contributed by atoms with Crippen LogP contribution in [0.2, 0.25) is 5.02 Å². The monoisotopic (exact) mass is 422 g/mol. The summed E-state index contributed by atoms with van der Waals surface area (Å²) in [4.78, 5) is 27.4. The molecule has 0 saturated heterocycles. The van der Waals surface area contributed by atoms with Gasteiger partial charge in [0.15, 0.2) is 5.60 Å². The van der Waals surface area contributed by atoms with Crippen molar-refractivity contribution in [3.8, 4) is 5.75 Å². The van der Waals surface area contributed by atoms with Gasteiger partial charge in [-0.25, -0.2) is 0 Å². The molecule has 3 aromatic carbocycles. The van der Waals surface area contributed by atoms with E-state index < -0.39 is 17.4 Å². The molecular formula is C23H19ClN2O4. The van der Waals surface area contributed by atoms with Gasteiger partial charge in [-0.1, -0.05) is 60.1 Å². The van der Waals surface area contributed by atoms with Gasteiger partial charge in [-0.05, 0) is 29.8 Å². The van der Waals surface area contributed by atoms with Crippen LogP contribution in [-0.4, -0.2) is 30.6 Å². The number of amides is 2. The first-order valence-electron chi connectivity index (χ1n) is 9.28. The first kappa shape index (κ1) is 19.9. The lowest BCUT2D eigenvalue weighted by molar-refractivity contribution is -0.133. The highest BCUT2D eigenvalue weighted by Crippen LogP contribution is 2.44. The van der Waals surface area contributed by atoms with Crippen LogP contribution in [0.25, 0.3) is 0 Å². The van der Waals surface area contributed by atoms with Crippen molar-refractivity contribution in [3.63, 3.8) is 0 Å². The van der Waals surface area contributed by atoms with Crippen LogP contribution in [0.5, 0.6) is 5.75 Å². The fraction of sp³-hybridized carbons (Fsp3) is 0.130. The number of methoxy groups -OCH3 is 1. The van der Waals surface area contributed by atoms with Crippen LogP contribution in [0.1, 0.15) is 11.1 Å². The highest BCUT2D eigenvalue weighted by atomic mass is 35.5. The van der Waals surface area contributed by atoms with Crippen molar-refractivity contribution in [2.75, 3.05) is 23.9 Å². The van der Waals surface area contributed by atoms with Gasteiger partial charge in [0.1, 0.15) is 12.3 Å². The highest BCUT2D eigenvalue weighted by molar-refractivity contribution is 6.31. The van der Waals surface area contributed by atoms with Crippen molar-refractivity contribution in [3.05, 3.63) is 88.9 Å². The van der Waals surface area contributed by atoms with Gasteiger partial charge >= 0.3 is 0 Å². The van der Waals surface area contributed by atoms with Crippen molar-refractivity contribution in [2.45, 2.75) is 5.60 Å². The Hall–Kier alpha value is -3.35. The fourth-order valence-electron chi connectivity index (χ4n) is 3.66. The maximum atomic E-state index is 13.3. The number of aliphatic hydroxyl groups is 1. The lowest BCUT2D eigenvalue weighted by Crippen LogP contribution is -2.44. The van der Waals surface area contributed by atoms with Gasteiger partial charge < -0.3 is 15.2 Å². The van der Waals surface area contributed by atoms with E-state index in [2.05, 4.69) is 5.32 Å².